The normalized spacial score (nSPS) is 10.7. The Morgan fingerprint density at radius 2 is 1.57 bits per heavy atom. The van der Waals surface area contributed by atoms with Gasteiger partial charge in [-0.05, 0) is 24.6 Å². The van der Waals surface area contributed by atoms with Gasteiger partial charge >= 0.3 is 0 Å². The molecule has 0 fully saturated rings. The van der Waals surface area contributed by atoms with Crippen molar-refractivity contribution >= 4 is 51.1 Å². The number of hydrogen-bond acceptors (Lipinski definition) is 4. The van der Waals surface area contributed by atoms with Crippen molar-refractivity contribution in [2.24, 2.45) is 0 Å². The standard InChI is InChI=1S/C7H10N2O3S.Na/c1-4-6(8)2-5(3-7(4)9)13(10,11)12;/h2-3H,8-9H2,1H3,(H,10,11,12);. The summed E-state index contributed by atoms with van der Waals surface area (Å²) in [5, 5.41) is 0. The Morgan fingerprint density at radius 1 is 1.21 bits per heavy atom. The number of nitrogens with two attached hydrogens (primary N) is 2. The van der Waals surface area contributed by atoms with Crippen LogP contribution in [-0.4, -0.2) is 42.5 Å². The molecule has 0 unspecified atom stereocenters. The molecule has 1 radical (unpaired) electrons. The summed E-state index contributed by atoms with van der Waals surface area (Å²) in [6.45, 7) is 1.67. The molecule has 0 bridgehead atoms. The summed E-state index contributed by atoms with van der Waals surface area (Å²) in [6.07, 6.45) is 0. The Bertz CT molecular complexity index is 421. The largest absolute Gasteiger partial charge is 0.398 e. The molecular formula is C7H10N2NaO3S. The predicted octanol–water partition coefficient (Wildman–Crippen LogP) is 0.0253. The average molecular weight is 225 g/mol. The third-order valence-corrected chi connectivity index (χ3v) is 2.59. The molecule has 0 amide bonds. The zero-order chi connectivity index (χ0) is 10.2. The van der Waals surface area contributed by atoms with Crippen LogP contribution < -0.4 is 11.5 Å². The minimum Gasteiger partial charge on any atom is -0.398 e. The van der Waals surface area contributed by atoms with E-state index in [1.54, 1.807) is 6.92 Å². The second-order valence-corrected chi connectivity index (χ2v) is 4.12. The molecule has 0 saturated heterocycles. The monoisotopic (exact) mass is 225 g/mol. The molecule has 1 aromatic carbocycles. The molecule has 0 saturated carbocycles. The van der Waals surface area contributed by atoms with Crippen LogP contribution in [0.2, 0.25) is 0 Å². The van der Waals surface area contributed by atoms with Crippen LogP contribution in [0.3, 0.4) is 0 Å². The number of rotatable bonds is 1. The van der Waals surface area contributed by atoms with E-state index >= 15 is 0 Å². The maximum atomic E-state index is 10.7. The fraction of sp³-hybridized carbons (Fsp3) is 0.143. The third kappa shape index (κ3) is 2.86. The summed E-state index contributed by atoms with van der Waals surface area (Å²) in [4.78, 5) is -0.284. The summed E-state index contributed by atoms with van der Waals surface area (Å²) in [6, 6.07) is 2.34. The van der Waals surface area contributed by atoms with Gasteiger partial charge in [0.15, 0.2) is 0 Å². The van der Waals surface area contributed by atoms with Crippen molar-refractivity contribution in [3.8, 4) is 0 Å². The fourth-order valence-electron chi connectivity index (χ4n) is 0.880. The van der Waals surface area contributed by atoms with Crippen LogP contribution in [0.25, 0.3) is 0 Å². The molecular weight excluding hydrogens is 215 g/mol. The van der Waals surface area contributed by atoms with Crippen LogP contribution in [0.5, 0.6) is 0 Å². The van der Waals surface area contributed by atoms with Crippen molar-refractivity contribution in [2.45, 2.75) is 11.8 Å². The van der Waals surface area contributed by atoms with E-state index in [0.717, 1.165) is 0 Å². The van der Waals surface area contributed by atoms with Crippen molar-refractivity contribution in [3.05, 3.63) is 17.7 Å². The van der Waals surface area contributed by atoms with E-state index in [9.17, 15) is 8.42 Å². The van der Waals surface area contributed by atoms with Gasteiger partial charge in [-0.1, -0.05) is 0 Å². The predicted molar refractivity (Wildman–Crippen MR) is 55.6 cm³/mol. The maximum absolute atomic E-state index is 10.7. The number of anilines is 2. The molecule has 7 heteroatoms. The summed E-state index contributed by atoms with van der Waals surface area (Å²) < 4.78 is 30.1. The Morgan fingerprint density at radius 3 is 1.86 bits per heavy atom. The SMILES string of the molecule is Cc1c(N)cc(S(=O)(=O)O)cc1N.[Na]. The molecule has 0 aliphatic carbocycles. The molecule has 5 nitrogen and oxygen atoms in total. The van der Waals surface area contributed by atoms with Crippen LogP contribution >= 0.6 is 0 Å². The van der Waals surface area contributed by atoms with Crippen LogP contribution in [0.1, 0.15) is 5.56 Å². The first-order valence-electron chi connectivity index (χ1n) is 3.45. The van der Waals surface area contributed by atoms with E-state index in [4.69, 9.17) is 16.0 Å². The molecule has 0 heterocycles. The molecule has 0 aliphatic rings. The van der Waals surface area contributed by atoms with Gasteiger partial charge in [-0.15, -0.1) is 0 Å². The molecule has 0 spiro atoms. The number of hydrogen-bond donors (Lipinski definition) is 3. The number of nitrogen functional groups attached to an aromatic ring is 2. The molecule has 1 rings (SSSR count). The zero-order valence-electron chi connectivity index (χ0n) is 7.98. The minimum absolute atomic E-state index is 0. The van der Waals surface area contributed by atoms with Gasteiger partial charge in [-0.2, -0.15) is 8.42 Å². The van der Waals surface area contributed by atoms with Gasteiger partial charge in [0.2, 0.25) is 0 Å². The van der Waals surface area contributed by atoms with Gasteiger partial charge in [0.05, 0.1) is 4.90 Å². The van der Waals surface area contributed by atoms with E-state index in [1.165, 1.54) is 12.1 Å². The Kier molecular flexibility index (Phi) is 4.41. The zero-order valence-corrected chi connectivity index (χ0v) is 10.8. The van der Waals surface area contributed by atoms with Crippen molar-refractivity contribution < 1.29 is 13.0 Å². The first-order valence-corrected chi connectivity index (χ1v) is 4.89. The van der Waals surface area contributed by atoms with Crippen molar-refractivity contribution in [1.82, 2.24) is 0 Å². The van der Waals surface area contributed by atoms with Crippen LogP contribution in [0.4, 0.5) is 11.4 Å². The van der Waals surface area contributed by atoms with E-state index < -0.39 is 10.1 Å². The van der Waals surface area contributed by atoms with E-state index in [0.29, 0.717) is 5.56 Å². The molecule has 1 aromatic rings. The topological polar surface area (TPSA) is 106 Å². The Labute approximate surface area is 105 Å². The summed E-state index contributed by atoms with van der Waals surface area (Å²) in [7, 11) is -4.22. The summed E-state index contributed by atoms with van der Waals surface area (Å²) in [5.74, 6) is 0. The molecule has 73 valence electrons. The molecule has 5 N–H and O–H groups in total. The molecule has 14 heavy (non-hydrogen) atoms. The average Bonchev–Trinajstić information content (AvgIpc) is 1.97. The maximum Gasteiger partial charge on any atom is 0.294 e. The van der Waals surface area contributed by atoms with E-state index in [1.807, 2.05) is 0 Å². The summed E-state index contributed by atoms with van der Waals surface area (Å²) >= 11 is 0. The smallest absolute Gasteiger partial charge is 0.294 e. The van der Waals surface area contributed by atoms with Gasteiger partial charge < -0.3 is 11.5 Å². The minimum atomic E-state index is -4.22. The van der Waals surface area contributed by atoms with Crippen LogP contribution in [0.15, 0.2) is 17.0 Å². The molecule has 0 atom stereocenters. The van der Waals surface area contributed by atoms with E-state index in [2.05, 4.69) is 0 Å². The fourth-order valence-corrected chi connectivity index (χ4v) is 1.43. The third-order valence-electron chi connectivity index (χ3n) is 1.76. The second kappa shape index (κ2) is 4.50. The number of benzene rings is 1. The molecule has 0 aromatic heterocycles. The first-order chi connectivity index (χ1) is 5.82. The van der Waals surface area contributed by atoms with Gasteiger partial charge in [0, 0.05) is 40.9 Å². The van der Waals surface area contributed by atoms with E-state index in [-0.39, 0.29) is 45.8 Å². The second-order valence-electron chi connectivity index (χ2n) is 2.70. The van der Waals surface area contributed by atoms with Gasteiger partial charge in [-0.3, -0.25) is 4.55 Å². The van der Waals surface area contributed by atoms with Crippen molar-refractivity contribution in [3.63, 3.8) is 0 Å². The van der Waals surface area contributed by atoms with Crippen molar-refractivity contribution in [1.29, 1.82) is 0 Å². The summed E-state index contributed by atoms with van der Waals surface area (Å²) in [5.41, 5.74) is 12.0. The van der Waals surface area contributed by atoms with Gasteiger partial charge in [-0.25, -0.2) is 0 Å². The quantitative estimate of drug-likeness (QED) is 0.355. The van der Waals surface area contributed by atoms with Gasteiger partial charge in [0.1, 0.15) is 0 Å². The van der Waals surface area contributed by atoms with Crippen molar-refractivity contribution in [2.75, 3.05) is 11.5 Å². The Hall–Kier alpha value is -0.270. The Balaban J connectivity index is 0.00000169. The van der Waals surface area contributed by atoms with Crippen LogP contribution in [-0.2, 0) is 10.1 Å². The van der Waals surface area contributed by atoms with Gasteiger partial charge in [0.25, 0.3) is 10.1 Å². The first kappa shape index (κ1) is 13.7. The molecule has 0 aliphatic heterocycles. The van der Waals surface area contributed by atoms with Crippen LogP contribution in [0, 0.1) is 6.92 Å².